The Morgan fingerprint density at radius 1 is 1.53 bits per heavy atom. The fourth-order valence-corrected chi connectivity index (χ4v) is 1.44. The lowest BCUT2D eigenvalue weighted by atomic mass is 10.1. The first kappa shape index (κ1) is 13.7. The zero-order chi connectivity index (χ0) is 12.7. The van der Waals surface area contributed by atoms with Crippen LogP contribution in [0.15, 0.2) is 4.52 Å². The summed E-state index contributed by atoms with van der Waals surface area (Å²) in [5, 5.41) is 15.0. The standard InChI is InChI=1S/C11H18N2O4/c1-3-9-10(8(2)17-13-9)11(15)12-4-6-16-7-5-14/h14H,3-7H2,1-2H3,(H,12,15). The molecule has 0 saturated heterocycles. The van der Waals surface area contributed by atoms with E-state index >= 15 is 0 Å². The summed E-state index contributed by atoms with van der Waals surface area (Å²) >= 11 is 0. The van der Waals surface area contributed by atoms with Crippen LogP contribution in [0.3, 0.4) is 0 Å². The van der Waals surface area contributed by atoms with Crippen molar-refractivity contribution in [2.75, 3.05) is 26.4 Å². The van der Waals surface area contributed by atoms with Crippen LogP contribution in [-0.2, 0) is 11.2 Å². The molecule has 0 bridgehead atoms. The van der Waals surface area contributed by atoms with Gasteiger partial charge in [-0.3, -0.25) is 4.79 Å². The summed E-state index contributed by atoms with van der Waals surface area (Å²) in [5.74, 6) is 0.323. The average molecular weight is 242 g/mol. The molecular formula is C11H18N2O4. The highest BCUT2D eigenvalue weighted by Gasteiger charge is 2.18. The number of amides is 1. The van der Waals surface area contributed by atoms with Gasteiger partial charge in [0.25, 0.3) is 5.91 Å². The molecule has 17 heavy (non-hydrogen) atoms. The summed E-state index contributed by atoms with van der Waals surface area (Å²) in [6.45, 7) is 4.66. The van der Waals surface area contributed by atoms with Gasteiger partial charge in [-0.15, -0.1) is 0 Å². The lowest BCUT2D eigenvalue weighted by Gasteiger charge is -2.05. The van der Waals surface area contributed by atoms with Gasteiger partial charge in [-0.2, -0.15) is 0 Å². The predicted molar refractivity (Wildman–Crippen MR) is 60.9 cm³/mol. The van der Waals surface area contributed by atoms with Crippen molar-refractivity contribution in [3.63, 3.8) is 0 Å². The molecular weight excluding hydrogens is 224 g/mol. The summed E-state index contributed by atoms with van der Waals surface area (Å²) in [6.07, 6.45) is 0.654. The maximum Gasteiger partial charge on any atom is 0.256 e. The van der Waals surface area contributed by atoms with Gasteiger partial charge in [-0.05, 0) is 13.3 Å². The first-order valence-electron chi connectivity index (χ1n) is 5.62. The van der Waals surface area contributed by atoms with Crippen LogP contribution < -0.4 is 5.32 Å². The van der Waals surface area contributed by atoms with Gasteiger partial charge in [0.1, 0.15) is 11.3 Å². The maximum absolute atomic E-state index is 11.8. The first-order valence-corrected chi connectivity index (χ1v) is 5.62. The molecule has 0 radical (unpaired) electrons. The van der Waals surface area contributed by atoms with E-state index in [1.54, 1.807) is 6.92 Å². The molecule has 0 aliphatic carbocycles. The van der Waals surface area contributed by atoms with Crippen molar-refractivity contribution in [1.82, 2.24) is 10.5 Å². The Labute approximate surface area is 99.9 Å². The predicted octanol–water partition coefficient (Wildman–Crippen LogP) is 0.284. The molecule has 96 valence electrons. The number of aliphatic hydroxyl groups is 1. The average Bonchev–Trinajstić information content (AvgIpc) is 2.70. The van der Waals surface area contributed by atoms with Crippen molar-refractivity contribution in [2.45, 2.75) is 20.3 Å². The Balaban J connectivity index is 2.44. The van der Waals surface area contributed by atoms with Crippen molar-refractivity contribution in [3.8, 4) is 0 Å². The van der Waals surface area contributed by atoms with Crippen molar-refractivity contribution < 1.29 is 19.2 Å². The van der Waals surface area contributed by atoms with Crippen LogP contribution >= 0.6 is 0 Å². The maximum atomic E-state index is 11.8. The van der Waals surface area contributed by atoms with Gasteiger partial charge >= 0.3 is 0 Å². The quantitative estimate of drug-likeness (QED) is 0.671. The highest BCUT2D eigenvalue weighted by molar-refractivity contribution is 5.96. The van der Waals surface area contributed by atoms with E-state index in [9.17, 15) is 4.79 Å². The Bertz CT molecular complexity index is 362. The van der Waals surface area contributed by atoms with Crippen LogP contribution in [0.1, 0.15) is 28.7 Å². The third kappa shape index (κ3) is 3.83. The number of hydrogen-bond acceptors (Lipinski definition) is 5. The van der Waals surface area contributed by atoms with Gasteiger partial charge in [-0.1, -0.05) is 12.1 Å². The van der Waals surface area contributed by atoms with Gasteiger partial charge in [0.15, 0.2) is 0 Å². The highest BCUT2D eigenvalue weighted by atomic mass is 16.5. The monoisotopic (exact) mass is 242 g/mol. The summed E-state index contributed by atoms with van der Waals surface area (Å²) < 4.78 is 10.0. The van der Waals surface area contributed by atoms with Gasteiger partial charge in [0.2, 0.25) is 0 Å². The number of aliphatic hydroxyl groups excluding tert-OH is 1. The zero-order valence-corrected chi connectivity index (χ0v) is 10.2. The minimum atomic E-state index is -0.201. The van der Waals surface area contributed by atoms with Crippen molar-refractivity contribution >= 4 is 5.91 Å². The minimum Gasteiger partial charge on any atom is -0.394 e. The number of hydrogen-bond donors (Lipinski definition) is 2. The summed E-state index contributed by atoms with van der Waals surface area (Å²) in [7, 11) is 0. The number of carbonyl (C=O) groups excluding carboxylic acids is 1. The first-order chi connectivity index (χ1) is 8.20. The third-order valence-corrected chi connectivity index (χ3v) is 2.26. The lowest BCUT2D eigenvalue weighted by molar-refractivity contribution is 0.0837. The van der Waals surface area contributed by atoms with Gasteiger partial charge in [-0.25, -0.2) is 0 Å². The fraction of sp³-hybridized carbons (Fsp3) is 0.636. The Morgan fingerprint density at radius 2 is 2.29 bits per heavy atom. The Hall–Kier alpha value is -1.40. The van der Waals surface area contributed by atoms with E-state index < -0.39 is 0 Å². The number of carbonyl (C=O) groups is 1. The molecule has 1 aromatic rings. The zero-order valence-electron chi connectivity index (χ0n) is 10.2. The molecule has 0 saturated carbocycles. The molecule has 0 spiro atoms. The second kappa shape index (κ2) is 7.03. The lowest BCUT2D eigenvalue weighted by Crippen LogP contribution is -2.28. The van der Waals surface area contributed by atoms with E-state index in [0.717, 1.165) is 0 Å². The molecule has 1 aromatic heterocycles. The van der Waals surface area contributed by atoms with Crippen LogP contribution in [0.25, 0.3) is 0 Å². The smallest absolute Gasteiger partial charge is 0.256 e. The van der Waals surface area contributed by atoms with Crippen LogP contribution in [0.5, 0.6) is 0 Å². The topological polar surface area (TPSA) is 84.6 Å². The molecule has 1 amide bonds. The van der Waals surface area contributed by atoms with E-state index in [4.69, 9.17) is 14.4 Å². The van der Waals surface area contributed by atoms with Crippen LogP contribution in [0, 0.1) is 6.92 Å². The normalized spacial score (nSPS) is 10.5. The number of ether oxygens (including phenoxy) is 1. The largest absolute Gasteiger partial charge is 0.394 e. The Kier molecular flexibility index (Phi) is 5.65. The Morgan fingerprint density at radius 3 is 2.94 bits per heavy atom. The van der Waals surface area contributed by atoms with Crippen molar-refractivity contribution in [3.05, 3.63) is 17.0 Å². The molecule has 1 rings (SSSR count). The van der Waals surface area contributed by atoms with Crippen LogP contribution in [-0.4, -0.2) is 42.5 Å². The second-order valence-electron chi connectivity index (χ2n) is 3.51. The number of aryl methyl sites for hydroxylation is 2. The SMILES string of the molecule is CCc1noc(C)c1C(=O)NCCOCCO. The van der Waals surface area contributed by atoms with Crippen molar-refractivity contribution in [2.24, 2.45) is 0 Å². The highest BCUT2D eigenvalue weighted by Crippen LogP contribution is 2.13. The van der Waals surface area contributed by atoms with Gasteiger partial charge < -0.3 is 19.7 Å². The van der Waals surface area contributed by atoms with E-state index in [-0.39, 0.29) is 19.1 Å². The van der Waals surface area contributed by atoms with E-state index in [1.165, 1.54) is 0 Å². The fourth-order valence-electron chi connectivity index (χ4n) is 1.44. The third-order valence-electron chi connectivity index (χ3n) is 2.26. The number of nitrogens with zero attached hydrogens (tertiary/aromatic N) is 1. The molecule has 0 unspecified atom stereocenters. The molecule has 6 nitrogen and oxygen atoms in total. The summed E-state index contributed by atoms with van der Waals surface area (Å²) in [5.41, 5.74) is 1.17. The number of nitrogens with one attached hydrogen (secondary N) is 1. The van der Waals surface area contributed by atoms with Crippen LogP contribution in [0.4, 0.5) is 0 Å². The second-order valence-corrected chi connectivity index (χ2v) is 3.51. The van der Waals surface area contributed by atoms with Gasteiger partial charge in [0, 0.05) is 6.54 Å². The molecule has 0 fully saturated rings. The molecule has 1 heterocycles. The molecule has 6 heteroatoms. The summed E-state index contributed by atoms with van der Waals surface area (Å²) in [6, 6.07) is 0. The molecule has 0 aliphatic heterocycles. The molecule has 0 aliphatic rings. The van der Waals surface area contributed by atoms with E-state index in [1.807, 2.05) is 6.92 Å². The number of aromatic nitrogens is 1. The summed E-state index contributed by atoms with van der Waals surface area (Å²) in [4.78, 5) is 11.8. The number of rotatable bonds is 7. The van der Waals surface area contributed by atoms with E-state index in [2.05, 4.69) is 10.5 Å². The molecule has 0 atom stereocenters. The van der Waals surface area contributed by atoms with E-state index in [0.29, 0.717) is 36.6 Å². The van der Waals surface area contributed by atoms with Crippen LogP contribution in [0.2, 0.25) is 0 Å². The molecule has 2 N–H and O–H groups in total. The molecule has 0 aromatic carbocycles. The van der Waals surface area contributed by atoms with Crippen molar-refractivity contribution in [1.29, 1.82) is 0 Å². The minimum absolute atomic E-state index is 0.0152. The van der Waals surface area contributed by atoms with Gasteiger partial charge in [0.05, 0.1) is 25.5 Å².